The van der Waals surface area contributed by atoms with Crippen molar-refractivity contribution in [1.82, 2.24) is 4.90 Å². The van der Waals surface area contributed by atoms with E-state index in [4.69, 9.17) is 17.3 Å². The van der Waals surface area contributed by atoms with Crippen molar-refractivity contribution < 1.29 is 9.59 Å². The number of piperidine rings is 1. The molecule has 1 saturated heterocycles. The van der Waals surface area contributed by atoms with Crippen molar-refractivity contribution in [3.63, 3.8) is 0 Å². The molecule has 1 aromatic rings. The van der Waals surface area contributed by atoms with Gasteiger partial charge in [-0.1, -0.05) is 11.6 Å². The number of anilines is 1. The Balaban J connectivity index is 0.00000288. The monoisotopic (exact) mass is 373 g/mol. The van der Waals surface area contributed by atoms with Gasteiger partial charge in [0.2, 0.25) is 5.91 Å². The average Bonchev–Trinajstić information content (AvgIpc) is 2.53. The Kier molecular flexibility index (Phi) is 8.53. The maximum absolute atomic E-state index is 12.5. The second kappa shape index (κ2) is 9.87. The molecule has 1 aliphatic heterocycles. The largest absolute Gasteiger partial charge is 0.339 e. The minimum Gasteiger partial charge on any atom is -0.339 e. The summed E-state index contributed by atoms with van der Waals surface area (Å²) in [6.07, 6.45) is 4.24. The summed E-state index contributed by atoms with van der Waals surface area (Å²) in [6.45, 7) is 3.43. The molecular formula is C17H25Cl2N3O2. The van der Waals surface area contributed by atoms with Crippen LogP contribution in [0, 0.1) is 0 Å². The third-order valence-electron chi connectivity index (χ3n) is 3.95. The fourth-order valence-electron chi connectivity index (χ4n) is 2.62. The highest BCUT2D eigenvalue weighted by Gasteiger charge is 2.20. The van der Waals surface area contributed by atoms with Crippen molar-refractivity contribution in [2.45, 2.75) is 45.1 Å². The van der Waals surface area contributed by atoms with Crippen LogP contribution in [0.2, 0.25) is 5.02 Å². The zero-order chi connectivity index (χ0) is 16.8. The molecule has 1 fully saturated rings. The Morgan fingerprint density at radius 1 is 1.29 bits per heavy atom. The van der Waals surface area contributed by atoms with Crippen molar-refractivity contribution in [3.05, 3.63) is 28.8 Å². The summed E-state index contributed by atoms with van der Waals surface area (Å²) >= 11 is 6.24. The second-order valence-electron chi connectivity index (χ2n) is 6.11. The van der Waals surface area contributed by atoms with Gasteiger partial charge in [0.25, 0.3) is 5.91 Å². The molecule has 0 saturated carbocycles. The van der Waals surface area contributed by atoms with E-state index in [1.165, 1.54) is 6.42 Å². The number of carbonyl (C=O) groups is 2. The number of nitrogens with zero attached hydrogens (tertiary/aromatic N) is 1. The molecule has 2 rings (SSSR count). The van der Waals surface area contributed by atoms with Gasteiger partial charge in [-0.3, -0.25) is 9.59 Å². The average molecular weight is 374 g/mol. The van der Waals surface area contributed by atoms with Crippen molar-refractivity contribution in [2.24, 2.45) is 5.73 Å². The molecule has 0 bridgehead atoms. The highest BCUT2D eigenvalue weighted by molar-refractivity contribution is 6.34. The minimum absolute atomic E-state index is 0. The lowest BCUT2D eigenvalue weighted by Crippen LogP contribution is -2.35. The van der Waals surface area contributed by atoms with Gasteiger partial charge in [0.1, 0.15) is 0 Å². The molecule has 0 spiro atoms. The maximum Gasteiger partial charge on any atom is 0.255 e. The Labute approximate surface area is 154 Å². The van der Waals surface area contributed by atoms with E-state index in [1.807, 2.05) is 11.8 Å². The number of nitrogens with two attached hydrogens (primary N) is 1. The third-order valence-corrected chi connectivity index (χ3v) is 4.27. The Morgan fingerprint density at radius 2 is 1.96 bits per heavy atom. The molecule has 1 heterocycles. The highest BCUT2D eigenvalue weighted by Crippen LogP contribution is 2.24. The van der Waals surface area contributed by atoms with Gasteiger partial charge in [-0.05, 0) is 50.8 Å². The van der Waals surface area contributed by atoms with E-state index in [0.717, 1.165) is 25.9 Å². The standard InChI is InChI=1S/C17H24ClN3O2.ClH/c1-12(19)5-8-16(22)20-13-6-7-14(15(18)11-13)17(23)21-9-3-2-4-10-21;/h6-7,11-12H,2-5,8-10,19H2,1H3,(H,20,22);1H. The van der Waals surface area contributed by atoms with E-state index >= 15 is 0 Å². The summed E-state index contributed by atoms with van der Waals surface area (Å²) < 4.78 is 0. The summed E-state index contributed by atoms with van der Waals surface area (Å²) in [7, 11) is 0. The normalized spacial score (nSPS) is 15.4. The molecule has 1 aliphatic rings. The molecule has 0 aliphatic carbocycles. The number of benzene rings is 1. The lowest BCUT2D eigenvalue weighted by molar-refractivity contribution is -0.116. The summed E-state index contributed by atoms with van der Waals surface area (Å²) in [4.78, 5) is 26.1. The number of nitrogens with one attached hydrogen (secondary N) is 1. The van der Waals surface area contributed by atoms with E-state index in [0.29, 0.717) is 29.1 Å². The first kappa shape index (κ1) is 20.7. The number of hydrogen-bond acceptors (Lipinski definition) is 3. The Hall–Kier alpha value is -1.30. The summed E-state index contributed by atoms with van der Waals surface area (Å²) in [6, 6.07) is 5.02. The van der Waals surface area contributed by atoms with E-state index in [2.05, 4.69) is 5.32 Å². The predicted molar refractivity (Wildman–Crippen MR) is 100.0 cm³/mol. The van der Waals surface area contributed by atoms with Crippen LogP contribution in [-0.4, -0.2) is 35.8 Å². The van der Waals surface area contributed by atoms with Crippen LogP contribution >= 0.6 is 24.0 Å². The molecule has 0 radical (unpaired) electrons. The fraction of sp³-hybridized carbons (Fsp3) is 0.529. The van der Waals surface area contributed by atoms with Gasteiger partial charge in [0, 0.05) is 31.2 Å². The highest BCUT2D eigenvalue weighted by atomic mass is 35.5. The summed E-state index contributed by atoms with van der Waals surface area (Å²) in [5, 5.41) is 3.15. The summed E-state index contributed by atoms with van der Waals surface area (Å²) in [5.41, 5.74) is 6.72. The minimum atomic E-state index is -0.103. The van der Waals surface area contributed by atoms with E-state index < -0.39 is 0 Å². The van der Waals surface area contributed by atoms with Crippen LogP contribution in [0.1, 0.15) is 49.4 Å². The van der Waals surface area contributed by atoms with E-state index in [1.54, 1.807) is 18.2 Å². The maximum atomic E-state index is 12.5. The van der Waals surface area contributed by atoms with E-state index in [9.17, 15) is 9.59 Å². The number of hydrogen-bond donors (Lipinski definition) is 2. The molecule has 0 aromatic heterocycles. The molecule has 2 amide bonds. The SMILES string of the molecule is CC(N)CCC(=O)Nc1ccc(C(=O)N2CCCCC2)c(Cl)c1.Cl. The lowest BCUT2D eigenvalue weighted by Gasteiger charge is -2.27. The zero-order valence-electron chi connectivity index (χ0n) is 13.9. The quantitative estimate of drug-likeness (QED) is 0.829. The van der Waals surface area contributed by atoms with Crippen LogP contribution in [-0.2, 0) is 4.79 Å². The Morgan fingerprint density at radius 3 is 2.54 bits per heavy atom. The topological polar surface area (TPSA) is 75.4 Å². The van der Waals surface area contributed by atoms with E-state index in [-0.39, 0.29) is 30.3 Å². The van der Waals surface area contributed by atoms with Gasteiger partial charge in [-0.15, -0.1) is 12.4 Å². The molecule has 134 valence electrons. The van der Waals surface area contributed by atoms with Crippen LogP contribution in [0.4, 0.5) is 5.69 Å². The number of likely N-dealkylation sites (tertiary alicyclic amines) is 1. The third kappa shape index (κ3) is 5.96. The van der Waals surface area contributed by atoms with Gasteiger partial charge in [0.15, 0.2) is 0 Å². The number of amides is 2. The molecule has 3 N–H and O–H groups in total. The molecule has 1 atom stereocenters. The van der Waals surface area contributed by atoms with Crippen LogP contribution in [0.25, 0.3) is 0 Å². The first-order valence-corrected chi connectivity index (χ1v) is 8.49. The first-order chi connectivity index (χ1) is 11.0. The molecule has 1 unspecified atom stereocenters. The van der Waals surface area contributed by atoms with Gasteiger partial charge in [-0.2, -0.15) is 0 Å². The smallest absolute Gasteiger partial charge is 0.255 e. The van der Waals surface area contributed by atoms with Gasteiger partial charge in [0.05, 0.1) is 10.6 Å². The molecule has 5 nitrogen and oxygen atoms in total. The Bertz CT molecular complexity index is 573. The molecular weight excluding hydrogens is 349 g/mol. The van der Waals surface area contributed by atoms with Crippen molar-refractivity contribution in [2.75, 3.05) is 18.4 Å². The summed E-state index contributed by atoms with van der Waals surface area (Å²) in [5.74, 6) is -0.141. The molecule has 7 heteroatoms. The van der Waals surface area contributed by atoms with Crippen molar-refractivity contribution >= 4 is 41.5 Å². The van der Waals surface area contributed by atoms with Crippen molar-refractivity contribution in [1.29, 1.82) is 0 Å². The molecule has 1 aromatic carbocycles. The van der Waals surface area contributed by atoms with Crippen LogP contribution in [0.15, 0.2) is 18.2 Å². The molecule has 24 heavy (non-hydrogen) atoms. The van der Waals surface area contributed by atoms with Crippen molar-refractivity contribution in [3.8, 4) is 0 Å². The first-order valence-electron chi connectivity index (χ1n) is 8.11. The predicted octanol–water partition coefficient (Wildman–Crippen LogP) is 3.45. The van der Waals surface area contributed by atoms with Gasteiger partial charge in [-0.25, -0.2) is 0 Å². The van der Waals surface area contributed by atoms with Crippen LogP contribution in [0.3, 0.4) is 0 Å². The van der Waals surface area contributed by atoms with Crippen LogP contribution in [0.5, 0.6) is 0 Å². The lowest BCUT2D eigenvalue weighted by atomic mass is 10.1. The second-order valence-corrected chi connectivity index (χ2v) is 6.52. The number of halogens is 2. The fourth-order valence-corrected chi connectivity index (χ4v) is 2.88. The van der Waals surface area contributed by atoms with Gasteiger partial charge < -0.3 is 16.0 Å². The number of carbonyl (C=O) groups excluding carboxylic acids is 2. The van der Waals surface area contributed by atoms with Crippen LogP contribution < -0.4 is 11.1 Å². The zero-order valence-corrected chi connectivity index (χ0v) is 15.5. The number of rotatable bonds is 5. The van der Waals surface area contributed by atoms with Gasteiger partial charge >= 0.3 is 0 Å².